The molecule has 2 rings (SSSR count). The minimum atomic E-state index is -1.01. The third kappa shape index (κ3) is 5.31. The number of aliphatic hydroxyl groups is 1. The SMILES string of the molecule is CCN(CC)C(=O)[C@H](OC(=O)c1ccccc1NCCO)c1ccccc1. The van der Waals surface area contributed by atoms with Crippen LogP contribution in [0.3, 0.4) is 0 Å². The molecule has 2 N–H and O–H groups in total. The number of para-hydroxylation sites is 1. The minimum Gasteiger partial charge on any atom is -0.444 e. The lowest BCUT2D eigenvalue weighted by molar-refractivity contribution is -0.140. The van der Waals surface area contributed by atoms with Crippen molar-refractivity contribution < 1.29 is 19.4 Å². The summed E-state index contributed by atoms with van der Waals surface area (Å²) in [6.07, 6.45) is -1.01. The number of esters is 1. The maximum Gasteiger partial charge on any atom is 0.341 e. The Kier molecular flexibility index (Phi) is 7.82. The van der Waals surface area contributed by atoms with Gasteiger partial charge in [0.2, 0.25) is 6.10 Å². The summed E-state index contributed by atoms with van der Waals surface area (Å²) < 4.78 is 5.66. The molecule has 27 heavy (non-hydrogen) atoms. The van der Waals surface area contributed by atoms with E-state index in [2.05, 4.69) is 5.32 Å². The molecule has 144 valence electrons. The van der Waals surface area contributed by atoms with Crippen molar-refractivity contribution in [3.05, 3.63) is 65.7 Å². The Bertz CT molecular complexity index is 745. The number of rotatable bonds is 9. The van der Waals surface area contributed by atoms with Crippen LogP contribution in [-0.4, -0.2) is 48.1 Å². The molecule has 1 atom stereocenters. The number of aliphatic hydroxyl groups excluding tert-OH is 1. The fourth-order valence-electron chi connectivity index (χ4n) is 2.77. The Morgan fingerprint density at radius 2 is 1.67 bits per heavy atom. The first-order chi connectivity index (χ1) is 13.1. The highest BCUT2D eigenvalue weighted by Crippen LogP contribution is 2.24. The van der Waals surface area contributed by atoms with E-state index in [9.17, 15) is 9.59 Å². The second kappa shape index (κ2) is 10.3. The number of amides is 1. The lowest BCUT2D eigenvalue weighted by Crippen LogP contribution is -2.36. The topological polar surface area (TPSA) is 78.9 Å². The van der Waals surface area contributed by atoms with Gasteiger partial charge in [-0.1, -0.05) is 42.5 Å². The quantitative estimate of drug-likeness (QED) is 0.664. The van der Waals surface area contributed by atoms with Crippen molar-refractivity contribution in [3.8, 4) is 0 Å². The van der Waals surface area contributed by atoms with Crippen LogP contribution in [0.1, 0.15) is 35.9 Å². The Balaban J connectivity index is 2.30. The normalized spacial score (nSPS) is 11.5. The molecule has 1 amide bonds. The molecule has 0 bridgehead atoms. The molecule has 6 nitrogen and oxygen atoms in total. The van der Waals surface area contributed by atoms with E-state index in [0.29, 0.717) is 36.4 Å². The van der Waals surface area contributed by atoms with Gasteiger partial charge in [-0.3, -0.25) is 4.79 Å². The summed E-state index contributed by atoms with van der Waals surface area (Å²) in [6.45, 7) is 5.09. The minimum absolute atomic E-state index is 0.0591. The van der Waals surface area contributed by atoms with Gasteiger partial charge in [0.15, 0.2) is 0 Å². The third-order valence-corrected chi connectivity index (χ3v) is 4.20. The van der Waals surface area contributed by atoms with Gasteiger partial charge in [0.1, 0.15) is 0 Å². The first-order valence-electron chi connectivity index (χ1n) is 9.10. The van der Waals surface area contributed by atoms with Gasteiger partial charge in [0.05, 0.1) is 12.2 Å². The van der Waals surface area contributed by atoms with Gasteiger partial charge >= 0.3 is 5.97 Å². The highest BCUT2D eigenvalue weighted by Gasteiger charge is 2.29. The van der Waals surface area contributed by atoms with E-state index in [-0.39, 0.29) is 12.5 Å². The van der Waals surface area contributed by atoms with Crippen molar-refractivity contribution in [3.63, 3.8) is 0 Å². The van der Waals surface area contributed by atoms with Gasteiger partial charge in [-0.25, -0.2) is 4.79 Å². The van der Waals surface area contributed by atoms with E-state index >= 15 is 0 Å². The van der Waals surface area contributed by atoms with Gasteiger partial charge < -0.3 is 20.1 Å². The zero-order valence-corrected chi connectivity index (χ0v) is 15.7. The van der Waals surface area contributed by atoms with Crippen LogP contribution in [0.2, 0.25) is 0 Å². The van der Waals surface area contributed by atoms with Crippen molar-refractivity contribution in [2.45, 2.75) is 20.0 Å². The average molecular weight is 370 g/mol. The predicted molar refractivity (Wildman–Crippen MR) is 105 cm³/mol. The fraction of sp³-hybridized carbons (Fsp3) is 0.333. The summed E-state index contributed by atoms with van der Waals surface area (Å²) in [4.78, 5) is 27.4. The number of benzene rings is 2. The molecule has 0 heterocycles. The molecule has 0 fully saturated rings. The lowest BCUT2D eigenvalue weighted by Gasteiger charge is -2.25. The van der Waals surface area contributed by atoms with Crippen molar-refractivity contribution in [2.75, 3.05) is 31.6 Å². The Hall–Kier alpha value is -2.86. The summed E-state index contributed by atoms with van der Waals surface area (Å²) >= 11 is 0. The molecule has 0 unspecified atom stereocenters. The maximum absolute atomic E-state index is 12.9. The van der Waals surface area contributed by atoms with E-state index in [1.165, 1.54) is 0 Å². The number of carbonyl (C=O) groups excluding carboxylic acids is 2. The van der Waals surface area contributed by atoms with E-state index < -0.39 is 12.1 Å². The fourth-order valence-corrected chi connectivity index (χ4v) is 2.77. The van der Waals surface area contributed by atoms with Gasteiger partial charge in [-0.05, 0) is 26.0 Å². The molecule has 0 aliphatic carbocycles. The molecule has 0 aliphatic heterocycles. The van der Waals surface area contributed by atoms with E-state index in [1.807, 2.05) is 32.0 Å². The summed E-state index contributed by atoms with van der Waals surface area (Å²) in [5.74, 6) is -0.842. The molecule has 2 aromatic rings. The monoisotopic (exact) mass is 370 g/mol. The van der Waals surface area contributed by atoms with Crippen molar-refractivity contribution in [1.82, 2.24) is 4.90 Å². The number of nitrogens with zero attached hydrogens (tertiary/aromatic N) is 1. The van der Waals surface area contributed by atoms with Gasteiger partial charge in [0, 0.05) is 30.9 Å². The first kappa shape index (κ1) is 20.5. The van der Waals surface area contributed by atoms with Crippen LogP contribution in [0.5, 0.6) is 0 Å². The molecule has 0 saturated carbocycles. The first-order valence-corrected chi connectivity index (χ1v) is 9.10. The highest BCUT2D eigenvalue weighted by molar-refractivity contribution is 5.97. The molecule has 0 aromatic heterocycles. The largest absolute Gasteiger partial charge is 0.444 e. The predicted octanol–water partition coefficient (Wildman–Crippen LogP) is 2.86. The van der Waals surface area contributed by atoms with Crippen LogP contribution in [-0.2, 0) is 9.53 Å². The van der Waals surface area contributed by atoms with Crippen molar-refractivity contribution in [2.24, 2.45) is 0 Å². The second-order valence-corrected chi connectivity index (χ2v) is 5.90. The Morgan fingerprint density at radius 3 is 2.30 bits per heavy atom. The van der Waals surface area contributed by atoms with Crippen molar-refractivity contribution >= 4 is 17.6 Å². The van der Waals surface area contributed by atoms with Gasteiger partial charge in [-0.2, -0.15) is 0 Å². The van der Waals surface area contributed by atoms with E-state index in [0.717, 1.165) is 0 Å². The standard InChI is InChI=1S/C21H26N2O4/c1-3-23(4-2)20(25)19(16-10-6-5-7-11-16)27-21(26)17-12-8-9-13-18(17)22-14-15-24/h5-13,19,22,24H,3-4,14-15H2,1-2H3/t19-/m1/s1. The molecule has 0 spiro atoms. The van der Waals surface area contributed by atoms with Crippen LogP contribution < -0.4 is 5.32 Å². The van der Waals surface area contributed by atoms with Crippen LogP contribution in [0.4, 0.5) is 5.69 Å². The Labute approximate surface area is 159 Å². The van der Waals surface area contributed by atoms with Crippen LogP contribution in [0.25, 0.3) is 0 Å². The number of hydrogen-bond acceptors (Lipinski definition) is 5. The molecule has 0 saturated heterocycles. The van der Waals surface area contributed by atoms with Crippen LogP contribution >= 0.6 is 0 Å². The molecule has 2 aromatic carbocycles. The summed E-state index contributed by atoms with van der Waals surface area (Å²) in [7, 11) is 0. The number of hydrogen-bond donors (Lipinski definition) is 2. The van der Waals surface area contributed by atoms with Gasteiger partial charge in [-0.15, -0.1) is 0 Å². The number of likely N-dealkylation sites (N-methyl/N-ethyl adjacent to an activating group) is 1. The molecule has 6 heteroatoms. The third-order valence-electron chi connectivity index (χ3n) is 4.20. The smallest absolute Gasteiger partial charge is 0.341 e. The van der Waals surface area contributed by atoms with E-state index in [4.69, 9.17) is 9.84 Å². The molecule has 0 radical (unpaired) electrons. The number of carbonyl (C=O) groups is 2. The highest BCUT2D eigenvalue weighted by atomic mass is 16.5. The average Bonchev–Trinajstić information content (AvgIpc) is 2.72. The summed E-state index contributed by atoms with van der Waals surface area (Å²) in [6, 6.07) is 15.9. The van der Waals surface area contributed by atoms with Crippen molar-refractivity contribution in [1.29, 1.82) is 0 Å². The molecular weight excluding hydrogens is 344 g/mol. The number of anilines is 1. The maximum atomic E-state index is 12.9. The number of nitrogens with one attached hydrogen (secondary N) is 1. The Morgan fingerprint density at radius 1 is 1.04 bits per heavy atom. The zero-order valence-electron chi connectivity index (χ0n) is 15.7. The zero-order chi connectivity index (χ0) is 19.6. The van der Waals surface area contributed by atoms with Crippen LogP contribution in [0.15, 0.2) is 54.6 Å². The molecular formula is C21H26N2O4. The number of ether oxygens (including phenoxy) is 1. The lowest BCUT2D eigenvalue weighted by atomic mass is 10.1. The van der Waals surface area contributed by atoms with Crippen LogP contribution in [0, 0.1) is 0 Å². The van der Waals surface area contributed by atoms with E-state index in [1.54, 1.807) is 41.3 Å². The molecule has 0 aliphatic rings. The second-order valence-electron chi connectivity index (χ2n) is 5.90. The summed E-state index contributed by atoms with van der Waals surface area (Å²) in [5.41, 5.74) is 1.50. The van der Waals surface area contributed by atoms with Gasteiger partial charge in [0.25, 0.3) is 5.91 Å². The summed E-state index contributed by atoms with van der Waals surface area (Å²) in [5, 5.41) is 12.0.